The molecule has 1 heterocycles. The fourth-order valence-corrected chi connectivity index (χ4v) is 3.96. The maximum absolute atomic E-state index is 12.1. The molecule has 0 unspecified atom stereocenters. The number of ketones is 1. The molecule has 3 rings (SSSR count). The van der Waals surface area contributed by atoms with Gasteiger partial charge in [0.1, 0.15) is 0 Å². The molecule has 0 saturated heterocycles. The Hall–Kier alpha value is -2.18. The van der Waals surface area contributed by atoms with Gasteiger partial charge in [0.25, 0.3) is 0 Å². The topological polar surface area (TPSA) is 54.9 Å². The first-order chi connectivity index (χ1) is 11.7. The van der Waals surface area contributed by atoms with E-state index in [2.05, 4.69) is 34.6 Å². The van der Waals surface area contributed by atoms with Gasteiger partial charge in [0.05, 0.1) is 6.54 Å². The zero-order chi connectivity index (χ0) is 16.8. The number of nitrogens with one attached hydrogen (secondary N) is 1. The van der Waals surface area contributed by atoms with Gasteiger partial charge >= 0.3 is 0 Å². The highest BCUT2D eigenvalue weighted by Crippen LogP contribution is 2.29. The van der Waals surface area contributed by atoms with E-state index in [9.17, 15) is 4.79 Å². The summed E-state index contributed by atoms with van der Waals surface area (Å²) in [4.78, 5) is 12.1. The van der Waals surface area contributed by atoms with Crippen LogP contribution in [0.2, 0.25) is 0 Å². The molecule has 0 saturated carbocycles. The zero-order valence-electron chi connectivity index (χ0n) is 13.2. The molecule has 122 valence electrons. The number of nitrogens with zero attached hydrogens (tertiary/aromatic N) is 2. The van der Waals surface area contributed by atoms with E-state index < -0.39 is 0 Å². The summed E-state index contributed by atoms with van der Waals surface area (Å²) in [6.45, 7) is 2.33. The summed E-state index contributed by atoms with van der Waals surface area (Å²) in [7, 11) is 0. The molecule has 0 amide bonds. The summed E-state index contributed by atoms with van der Waals surface area (Å²) >= 11 is 3.13. The lowest BCUT2D eigenvalue weighted by Gasteiger charge is -2.02. The van der Waals surface area contributed by atoms with Crippen LogP contribution in [0.15, 0.2) is 58.9 Å². The van der Waals surface area contributed by atoms with Crippen molar-refractivity contribution in [3.63, 3.8) is 0 Å². The second-order valence-electron chi connectivity index (χ2n) is 5.23. The van der Waals surface area contributed by atoms with Crippen molar-refractivity contribution in [3.8, 4) is 0 Å². The highest BCUT2D eigenvalue weighted by molar-refractivity contribution is 8.00. The van der Waals surface area contributed by atoms with E-state index in [4.69, 9.17) is 0 Å². The van der Waals surface area contributed by atoms with E-state index in [0.29, 0.717) is 10.7 Å². The first kappa shape index (κ1) is 16.7. The van der Waals surface area contributed by atoms with E-state index in [-0.39, 0.29) is 12.3 Å². The van der Waals surface area contributed by atoms with Crippen molar-refractivity contribution >= 4 is 34.0 Å². The highest BCUT2D eigenvalue weighted by atomic mass is 32.2. The predicted octanol–water partition coefficient (Wildman–Crippen LogP) is 4.43. The molecule has 0 aliphatic rings. The maximum Gasteiger partial charge on any atom is 0.206 e. The Morgan fingerprint density at radius 3 is 2.62 bits per heavy atom. The van der Waals surface area contributed by atoms with Crippen LogP contribution >= 0.6 is 23.1 Å². The van der Waals surface area contributed by atoms with Crippen LogP contribution in [-0.4, -0.2) is 22.5 Å². The van der Waals surface area contributed by atoms with Gasteiger partial charge in [0, 0.05) is 11.3 Å². The third-order valence-electron chi connectivity index (χ3n) is 3.51. The van der Waals surface area contributed by atoms with Crippen LogP contribution in [0.3, 0.4) is 0 Å². The molecule has 24 heavy (non-hydrogen) atoms. The number of hydrogen-bond donors (Lipinski definition) is 1. The fourth-order valence-electron chi connectivity index (χ4n) is 2.13. The summed E-state index contributed by atoms with van der Waals surface area (Å²) in [6.07, 6.45) is 0. The van der Waals surface area contributed by atoms with Gasteiger partial charge < -0.3 is 5.32 Å². The molecule has 6 heteroatoms. The lowest BCUT2D eigenvalue weighted by Crippen LogP contribution is -2.13. The molecule has 4 nitrogen and oxygen atoms in total. The number of thioether (sulfide) groups is 1. The highest BCUT2D eigenvalue weighted by Gasteiger charge is 2.09. The number of anilines is 1. The maximum atomic E-state index is 12.1. The predicted molar refractivity (Wildman–Crippen MR) is 99.9 cm³/mol. The first-order valence-corrected chi connectivity index (χ1v) is 9.35. The van der Waals surface area contributed by atoms with Gasteiger partial charge in [-0.15, -0.1) is 10.2 Å². The number of carbonyl (C=O) groups excluding carboxylic acids is 1. The van der Waals surface area contributed by atoms with Gasteiger partial charge in [-0.2, -0.15) is 0 Å². The Morgan fingerprint density at radius 2 is 1.83 bits per heavy atom. The normalized spacial score (nSPS) is 10.5. The van der Waals surface area contributed by atoms with Crippen molar-refractivity contribution in [2.75, 3.05) is 11.9 Å². The standard InChI is InChI=1S/C18H17N3OS2/c1-13-7-5-6-10-15(13)12-23-18-21-20-17(24-18)19-11-16(22)14-8-3-2-4-9-14/h2-10H,11-12H2,1H3,(H,19,20). The monoisotopic (exact) mass is 355 g/mol. The fraction of sp³-hybridized carbons (Fsp3) is 0.167. The molecule has 1 N–H and O–H groups in total. The van der Waals surface area contributed by atoms with Crippen molar-refractivity contribution in [3.05, 3.63) is 71.3 Å². The van der Waals surface area contributed by atoms with Gasteiger partial charge in [-0.05, 0) is 18.1 Å². The van der Waals surface area contributed by atoms with Crippen molar-refractivity contribution in [2.45, 2.75) is 17.0 Å². The van der Waals surface area contributed by atoms with E-state index >= 15 is 0 Å². The van der Waals surface area contributed by atoms with Gasteiger partial charge in [-0.1, -0.05) is 77.7 Å². The van der Waals surface area contributed by atoms with E-state index in [0.717, 1.165) is 10.1 Å². The molecule has 1 aromatic heterocycles. The molecule has 0 aliphatic carbocycles. The first-order valence-electron chi connectivity index (χ1n) is 7.55. The number of aryl methyl sites for hydroxylation is 1. The van der Waals surface area contributed by atoms with Crippen LogP contribution in [0, 0.1) is 6.92 Å². The van der Waals surface area contributed by atoms with Crippen LogP contribution < -0.4 is 5.32 Å². The molecule has 0 radical (unpaired) electrons. The Balaban J connectivity index is 1.52. The molecular weight excluding hydrogens is 338 g/mol. The second-order valence-corrected chi connectivity index (χ2v) is 7.43. The third-order valence-corrected chi connectivity index (χ3v) is 5.58. The van der Waals surface area contributed by atoms with E-state index in [1.807, 2.05) is 42.5 Å². The van der Waals surface area contributed by atoms with Crippen LogP contribution in [0.1, 0.15) is 21.5 Å². The minimum absolute atomic E-state index is 0.0416. The molecule has 0 fully saturated rings. The number of benzene rings is 2. The van der Waals surface area contributed by atoms with Crippen molar-refractivity contribution in [2.24, 2.45) is 0 Å². The van der Waals surface area contributed by atoms with Crippen LogP contribution in [-0.2, 0) is 5.75 Å². The lowest BCUT2D eigenvalue weighted by molar-refractivity contribution is 0.101. The Morgan fingerprint density at radius 1 is 1.08 bits per heavy atom. The molecule has 0 bridgehead atoms. The Labute approximate surface area is 149 Å². The lowest BCUT2D eigenvalue weighted by atomic mass is 10.1. The summed E-state index contributed by atoms with van der Waals surface area (Å²) in [6, 6.07) is 17.6. The van der Waals surface area contributed by atoms with Crippen LogP contribution in [0.5, 0.6) is 0 Å². The minimum atomic E-state index is 0.0416. The van der Waals surface area contributed by atoms with E-state index in [1.165, 1.54) is 22.5 Å². The third kappa shape index (κ3) is 4.43. The molecule has 0 aliphatic heterocycles. The molecule has 0 atom stereocenters. The number of aromatic nitrogens is 2. The summed E-state index contributed by atoms with van der Waals surface area (Å²) in [5.41, 5.74) is 3.27. The average molecular weight is 355 g/mol. The molecule has 0 spiro atoms. The number of hydrogen-bond acceptors (Lipinski definition) is 6. The van der Waals surface area contributed by atoms with Gasteiger partial charge in [0.2, 0.25) is 5.13 Å². The van der Waals surface area contributed by atoms with Crippen LogP contribution in [0.25, 0.3) is 0 Å². The Bertz CT molecular complexity index is 818. The largest absolute Gasteiger partial charge is 0.353 e. The van der Waals surface area contributed by atoms with E-state index in [1.54, 1.807) is 11.8 Å². The van der Waals surface area contributed by atoms with Crippen LogP contribution in [0.4, 0.5) is 5.13 Å². The summed E-state index contributed by atoms with van der Waals surface area (Å²) < 4.78 is 0.896. The quantitative estimate of drug-likeness (QED) is 0.502. The van der Waals surface area contributed by atoms with Crippen molar-refractivity contribution in [1.82, 2.24) is 10.2 Å². The minimum Gasteiger partial charge on any atom is -0.353 e. The molecule has 2 aromatic carbocycles. The number of rotatable bonds is 7. The average Bonchev–Trinajstić information content (AvgIpc) is 3.08. The molecular formula is C18H17N3OS2. The van der Waals surface area contributed by atoms with Crippen molar-refractivity contribution in [1.29, 1.82) is 0 Å². The van der Waals surface area contributed by atoms with Crippen molar-refractivity contribution < 1.29 is 4.79 Å². The number of Topliss-reactive ketones (excluding diaryl/α,β-unsaturated/α-hetero) is 1. The van der Waals surface area contributed by atoms with Gasteiger partial charge in [-0.3, -0.25) is 4.79 Å². The zero-order valence-corrected chi connectivity index (χ0v) is 14.9. The van der Waals surface area contributed by atoms with Gasteiger partial charge in [0.15, 0.2) is 10.1 Å². The second kappa shape index (κ2) is 8.08. The smallest absolute Gasteiger partial charge is 0.206 e. The number of carbonyl (C=O) groups is 1. The summed E-state index contributed by atoms with van der Waals surface area (Å²) in [5, 5.41) is 12.0. The SMILES string of the molecule is Cc1ccccc1CSc1nnc(NCC(=O)c2ccccc2)s1. The Kier molecular flexibility index (Phi) is 5.61. The van der Waals surface area contributed by atoms with Gasteiger partial charge in [-0.25, -0.2) is 0 Å². The summed E-state index contributed by atoms with van der Waals surface area (Å²) in [5.74, 6) is 0.907. The molecule has 3 aromatic rings.